The van der Waals surface area contributed by atoms with Gasteiger partial charge in [-0.25, -0.2) is 0 Å². The first-order chi connectivity index (χ1) is 9.11. The standard InChI is InChI=1S/C15H33N3O/c1-6-8-11-19-12-9-10-17-15(16-7-2)18-14(5)13(3)4/h13-14H,6-12H2,1-5H3,(H2,16,17,18). The summed E-state index contributed by atoms with van der Waals surface area (Å²) < 4.78 is 5.53. The number of hydrogen-bond donors (Lipinski definition) is 2. The van der Waals surface area contributed by atoms with Gasteiger partial charge in [0.1, 0.15) is 0 Å². The van der Waals surface area contributed by atoms with Crippen LogP contribution < -0.4 is 10.6 Å². The second-order valence-corrected chi connectivity index (χ2v) is 5.26. The van der Waals surface area contributed by atoms with Gasteiger partial charge in [0.15, 0.2) is 5.96 Å². The van der Waals surface area contributed by atoms with Gasteiger partial charge in [-0.05, 0) is 32.6 Å². The summed E-state index contributed by atoms with van der Waals surface area (Å²) in [5, 5.41) is 6.70. The van der Waals surface area contributed by atoms with Crippen molar-refractivity contribution in [2.24, 2.45) is 10.9 Å². The molecule has 0 aliphatic heterocycles. The maximum absolute atomic E-state index is 5.53. The minimum absolute atomic E-state index is 0.429. The summed E-state index contributed by atoms with van der Waals surface area (Å²) in [6.07, 6.45) is 3.33. The first kappa shape index (κ1) is 18.2. The largest absolute Gasteiger partial charge is 0.381 e. The zero-order valence-corrected chi connectivity index (χ0v) is 13.5. The Hall–Kier alpha value is -0.770. The Morgan fingerprint density at radius 3 is 2.37 bits per heavy atom. The highest BCUT2D eigenvalue weighted by Gasteiger charge is 2.08. The summed E-state index contributed by atoms with van der Waals surface area (Å²) in [5.74, 6) is 1.51. The van der Waals surface area contributed by atoms with Crippen LogP contribution in [0.2, 0.25) is 0 Å². The molecule has 0 fully saturated rings. The van der Waals surface area contributed by atoms with Crippen LogP contribution in [0.4, 0.5) is 0 Å². The van der Waals surface area contributed by atoms with Gasteiger partial charge in [-0.1, -0.05) is 27.2 Å². The molecular formula is C15H33N3O. The first-order valence-electron chi connectivity index (χ1n) is 7.74. The second kappa shape index (κ2) is 12.3. The average Bonchev–Trinajstić information content (AvgIpc) is 2.37. The van der Waals surface area contributed by atoms with Gasteiger partial charge in [0.2, 0.25) is 0 Å². The van der Waals surface area contributed by atoms with Crippen LogP contribution >= 0.6 is 0 Å². The van der Waals surface area contributed by atoms with Crippen LogP contribution in [0, 0.1) is 5.92 Å². The summed E-state index contributed by atoms with van der Waals surface area (Å²) >= 11 is 0. The van der Waals surface area contributed by atoms with Crippen molar-refractivity contribution in [3.05, 3.63) is 0 Å². The van der Waals surface area contributed by atoms with E-state index in [0.717, 1.165) is 45.1 Å². The molecule has 114 valence electrons. The highest BCUT2D eigenvalue weighted by atomic mass is 16.5. The van der Waals surface area contributed by atoms with Crippen LogP contribution in [0.1, 0.15) is 53.9 Å². The number of hydrogen-bond acceptors (Lipinski definition) is 2. The molecule has 1 atom stereocenters. The molecule has 0 aliphatic rings. The molecule has 0 amide bonds. The van der Waals surface area contributed by atoms with Crippen LogP contribution in [-0.2, 0) is 4.74 Å². The van der Waals surface area contributed by atoms with Crippen LogP contribution in [-0.4, -0.2) is 38.3 Å². The Morgan fingerprint density at radius 1 is 1.11 bits per heavy atom. The average molecular weight is 271 g/mol. The van der Waals surface area contributed by atoms with Gasteiger partial charge in [0.25, 0.3) is 0 Å². The zero-order chi connectivity index (χ0) is 14.5. The van der Waals surface area contributed by atoms with E-state index in [1.54, 1.807) is 0 Å². The number of guanidine groups is 1. The fraction of sp³-hybridized carbons (Fsp3) is 0.933. The topological polar surface area (TPSA) is 45.6 Å². The molecule has 0 saturated heterocycles. The van der Waals surface area contributed by atoms with E-state index in [4.69, 9.17) is 4.74 Å². The van der Waals surface area contributed by atoms with E-state index in [-0.39, 0.29) is 0 Å². The number of aliphatic imine (C=N–C) groups is 1. The summed E-state index contributed by atoms with van der Waals surface area (Å²) in [5.41, 5.74) is 0. The highest BCUT2D eigenvalue weighted by Crippen LogP contribution is 1.99. The summed E-state index contributed by atoms with van der Waals surface area (Å²) in [6.45, 7) is 14.3. The molecule has 0 saturated carbocycles. The van der Waals surface area contributed by atoms with Crippen LogP contribution in [0.5, 0.6) is 0 Å². The highest BCUT2D eigenvalue weighted by molar-refractivity contribution is 5.80. The van der Waals surface area contributed by atoms with Crippen molar-refractivity contribution in [3.8, 4) is 0 Å². The maximum Gasteiger partial charge on any atom is 0.191 e. The van der Waals surface area contributed by atoms with Crippen molar-refractivity contribution in [2.75, 3.05) is 26.3 Å². The van der Waals surface area contributed by atoms with Crippen molar-refractivity contribution in [3.63, 3.8) is 0 Å². The predicted molar refractivity (Wildman–Crippen MR) is 83.8 cm³/mol. The fourth-order valence-electron chi connectivity index (χ4n) is 1.41. The number of ether oxygens (including phenoxy) is 1. The SMILES string of the molecule is CCCCOCCCN=C(NCC)NC(C)C(C)C. The summed E-state index contributed by atoms with van der Waals surface area (Å²) in [6, 6.07) is 0.429. The van der Waals surface area contributed by atoms with E-state index in [0.29, 0.717) is 12.0 Å². The van der Waals surface area contributed by atoms with E-state index in [9.17, 15) is 0 Å². The van der Waals surface area contributed by atoms with E-state index in [1.807, 2.05) is 0 Å². The van der Waals surface area contributed by atoms with Gasteiger partial charge in [0, 0.05) is 32.3 Å². The molecule has 1 unspecified atom stereocenters. The fourth-order valence-corrected chi connectivity index (χ4v) is 1.41. The van der Waals surface area contributed by atoms with Crippen molar-refractivity contribution in [1.82, 2.24) is 10.6 Å². The Morgan fingerprint density at radius 2 is 1.79 bits per heavy atom. The van der Waals surface area contributed by atoms with Crippen LogP contribution in [0.15, 0.2) is 4.99 Å². The smallest absolute Gasteiger partial charge is 0.191 e. The van der Waals surface area contributed by atoms with Gasteiger partial charge in [-0.2, -0.15) is 0 Å². The molecule has 4 heteroatoms. The Labute approximate surface area is 119 Å². The minimum atomic E-state index is 0.429. The van der Waals surface area contributed by atoms with Gasteiger partial charge in [0.05, 0.1) is 0 Å². The number of rotatable bonds is 10. The monoisotopic (exact) mass is 271 g/mol. The molecular weight excluding hydrogens is 238 g/mol. The summed E-state index contributed by atoms with van der Waals surface area (Å²) in [4.78, 5) is 4.57. The third-order valence-electron chi connectivity index (χ3n) is 3.07. The molecule has 0 spiro atoms. The quantitative estimate of drug-likeness (QED) is 0.365. The molecule has 0 heterocycles. The molecule has 4 nitrogen and oxygen atoms in total. The second-order valence-electron chi connectivity index (χ2n) is 5.26. The van der Waals surface area contributed by atoms with E-state index < -0.39 is 0 Å². The van der Waals surface area contributed by atoms with Crippen LogP contribution in [0.25, 0.3) is 0 Å². The van der Waals surface area contributed by atoms with E-state index in [2.05, 4.69) is 50.2 Å². The molecule has 0 aromatic rings. The van der Waals surface area contributed by atoms with Crippen molar-refractivity contribution in [2.45, 2.75) is 59.9 Å². The van der Waals surface area contributed by atoms with Crippen molar-refractivity contribution >= 4 is 5.96 Å². The molecule has 0 aromatic carbocycles. The number of nitrogens with zero attached hydrogens (tertiary/aromatic N) is 1. The number of unbranched alkanes of at least 4 members (excludes halogenated alkanes) is 1. The van der Waals surface area contributed by atoms with Crippen molar-refractivity contribution in [1.29, 1.82) is 0 Å². The normalized spacial score (nSPS) is 13.7. The Balaban J connectivity index is 3.86. The van der Waals surface area contributed by atoms with E-state index >= 15 is 0 Å². The predicted octanol–water partition coefficient (Wildman–Crippen LogP) is 2.79. The van der Waals surface area contributed by atoms with Gasteiger partial charge in [-0.3, -0.25) is 4.99 Å². The molecule has 2 N–H and O–H groups in total. The molecule has 0 radical (unpaired) electrons. The third kappa shape index (κ3) is 10.8. The zero-order valence-electron chi connectivity index (χ0n) is 13.5. The molecule has 0 aliphatic carbocycles. The molecule has 19 heavy (non-hydrogen) atoms. The lowest BCUT2D eigenvalue weighted by Gasteiger charge is -2.20. The lowest BCUT2D eigenvalue weighted by molar-refractivity contribution is 0.130. The molecule has 0 rings (SSSR count). The van der Waals surface area contributed by atoms with Crippen LogP contribution in [0.3, 0.4) is 0 Å². The third-order valence-corrected chi connectivity index (χ3v) is 3.07. The van der Waals surface area contributed by atoms with E-state index in [1.165, 1.54) is 6.42 Å². The maximum atomic E-state index is 5.53. The van der Waals surface area contributed by atoms with Gasteiger partial charge in [-0.15, -0.1) is 0 Å². The van der Waals surface area contributed by atoms with Gasteiger partial charge >= 0.3 is 0 Å². The lowest BCUT2D eigenvalue weighted by Crippen LogP contribution is -2.44. The Bertz CT molecular complexity index is 229. The Kier molecular flexibility index (Phi) is 11.8. The first-order valence-corrected chi connectivity index (χ1v) is 7.74. The number of nitrogens with one attached hydrogen (secondary N) is 2. The molecule has 0 bridgehead atoms. The molecule has 0 aromatic heterocycles. The minimum Gasteiger partial charge on any atom is -0.381 e. The van der Waals surface area contributed by atoms with Crippen molar-refractivity contribution < 1.29 is 4.74 Å². The van der Waals surface area contributed by atoms with Gasteiger partial charge < -0.3 is 15.4 Å². The summed E-state index contributed by atoms with van der Waals surface area (Å²) in [7, 11) is 0. The lowest BCUT2D eigenvalue weighted by atomic mass is 10.1.